The minimum Gasteiger partial charge on any atom is -0.459 e. The summed E-state index contributed by atoms with van der Waals surface area (Å²) in [5.74, 6) is -1.10. The molecule has 0 saturated heterocycles. The molecule has 1 saturated carbocycles. The van der Waals surface area contributed by atoms with Crippen molar-refractivity contribution in [2.24, 2.45) is 0 Å². The quantitative estimate of drug-likeness (QED) is 0.535. The van der Waals surface area contributed by atoms with Gasteiger partial charge < -0.3 is 15.1 Å². The van der Waals surface area contributed by atoms with Crippen LogP contribution in [-0.2, 0) is 9.59 Å². The zero-order valence-corrected chi connectivity index (χ0v) is 19.1. The van der Waals surface area contributed by atoms with Crippen molar-refractivity contribution in [2.75, 3.05) is 11.4 Å². The van der Waals surface area contributed by atoms with Crippen molar-refractivity contribution in [2.45, 2.75) is 44.7 Å². The molecular formula is C26H28N4O4. The number of anilines is 1. The average Bonchev–Trinajstić information content (AvgIpc) is 3.57. The van der Waals surface area contributed by atoms with Gasteiger partial charge in [-0.1, -0.05) is 36.6 Å². The zero-order chi connectivity index (χ0) is 23.9. The van der Waals surface area contributed by atoms with Gasteiger partial charge in [0.1, 0.15) is 6.04 Å². The number of benzene rings is 1. The van der Waals surface area contributed by atoms with Gasteiger partial charge in [0.15, 0.2) is 5.76 Å². The molecule has 8 heteroatoms. The Hall–Kier alpha value is -3.94. The highest BCUT2D eigenvalue weighted by Gasteiger charge is 2.34. The molecule has 176 valence electrons. The standard InChI is InChI=1S/C26H28N4O4/c1-18-10-12-21(13-11-18)30(23(31)17-28-25(32)22-9-5-15-34-22)24(19-6-4-14-27-16-19)26(33)29-20-7-2-3-8-20/h4-6,9-16,20,24H,2-3,7-8,17H2,1H3,(H,28,32)(H,29,33)/t24-/m0/s1. The van der Waals surface area contributed by atoms with Crippen LogP contribution in [0.3, 0.4) is 0 Å². The maximum atomic E-state index is 13.6. The summed E-state index contributed by atoms with van der Waals surface area (Å²) in [7, 11) is 0. The lowest BCUT2D eigenvalue weighted by Crippen LogP contribution is -2.49. The topological polar surface area (TPSA) is 105 Å². The molecule has 2 N–H and O–H groups in total. The second-order valence-electron chi connectivity index (χ2n) is 8.44. The molecule has 2 aromatic heterocycles. The summed E-state index contributed by atoms with van der Waals surface area (Å²) in [5, 5.41) is 5.71. The van der Waals surface area contributed by atoms with Crippen LogP contribution >= 0.6 is 0 Å². The third-order valence-corrected chi connectivity index (χ3v) is 5.93. The number of hydrogen-bond acceptors (Lipinski definition) is 5. The lowest BCUT2D eigenvalue weighted by molar-refractivity contribution is -0.126. The first kappa shape index (κ1) is 23.2. The second-order valence-corrected chi connectivity index (χ2v) is 8.44. The third kappa shape index (κ3) is 5.51. The van der Waals surface area contributed by atoms with E-state index in [2.05, 4.69) is 15.6 Å². The lowest BCUT2D eigenvalue weighted by atomic mass is 10.0. The molecule has 0 bridgehead atoms. The number of nitrogens with one attached hydrogen (secondary N) is 2. The molecule has 1 aliphatic carbocycles. The number of carbonyl (C=O) groups is 3. The minimum atomic E-state index is -0.940. The number of nitrogens with zero attached hydrogens (tertiary/aromatic N) is 2. The normalized spacial score (nSPS) is 14.4. The highest BCUT2D eigenvalue weighted by atomic mass is 16.3. The molecule has 3 amide bonds. The van der Waals surface area contributed by atoms with E-state index < -0.39 is 17.9 Å². The van der Waals surface area contributed by atoms with E-state index in [1.54, 1.807) is 42.7 Å². The summed E-state index contributed by atoms with van der Waals surface area (Å²) in [6, 6.07) is 13.1. The number of carbonyl (C=O) groups excluding carboxylic acids is 3. The van der Waals surface area contributed by atoms with Gasteiger partial charge in [-0.05, 0) is 50.1 Å². The van der Waals surface area contributed by atoms with Gasteiger partial charge in [0.2, 0.25) is 11.8 Å². The van der Waals surface area contributed by atoms with Crippen molar-refractivity contribution in [1.29, 1.82) is 0 Å². The Morgan fingerprint density at radius 2 is 1.85 bits per heavy atom. The van der Waals surface area contributed by atoms with E-state index in [4.69, 9.17) is 4.42 Å². The van der Waals surface area contributed by atoms with E-state index in [1.807, 2.05) is 19.1 Å². The molecule has 1 atom stereocenters. The molecule has 0 radical (unpaired) electrons. The fourth-order valence-corrected chi connectivity index (χ4v) is 4.18. The number of furan rings is 1. The maximum Gasteiger partial charge on any atom is 0.287 e. The van der Waals surface area contributed by atoms with Crippen molar-refractivity contribution in [1.82, 2.24) is 15.6 Å². The van der Waals surface area contributed by atoms with E-state index in [9.17, 15) is 14.4 Å². The molecule has 3 aromatic rings. The van der Waals surface area contributed by atoms with E-state index in [-0.39, 0.29) is 24.3 Å². The number of rotatable bonds is 8. The Morgan fingerprint density at radius 3 is 2.50 bits per heavy atom. The highest BCUT2D eigenvalue weighted by Crippen LogP contribution is 2.29. The van der Waals surface area contributed by atoms with Crippen molar-refractivity contribution < 1.29 is 18.8 Å². The maximum absolute atomic E-state index is 13.6. The minimum absolute atomic E-state index is 0.0836. The summed E-state index contributed by atoms with van der Waals surface area (Å²) in [6.07, 6.45) is 8.59. The Labute approximate surface area is 198 Å². The van der Waals surface area contributed by atoms with Crippen molar-refractivity contribution in [3.8, 4) is 0 Å². The van der Waals surface area contributed by atoms with Crippen LogP contribution < -0.4 is 15.5 Å². The second kappa shape index (κ2) is 10.8. The summed E-state index contributed by atoms with van der Waals surface area (Å²) in [5.41, 5.74) is 2.16. The van der Waals surface area contributed by atoms with Gasteiger partial charge >= 0.3 is 0 Å². The van der Waals surface area contributed by atoms with Crippen LogP contribution in [0.2, 0.25) is 0 Å². The first-order chi connectivity index (χ1) is 16.5. The van der Waals surface area contributed by atoms with Gasteiger partial charge in [-0.15, -0.1) is 0 Å². The Bertz CT molecular complexity index is 1110. The smallest absolute Gasteiger partial charge is 0.287 e. The fraction of sp³-hybridized carbons (Fsp3) is 0.308. The van der Waals surface area contributed by atoms with Crippen LogP contribution in [-0.4, -0.2) is 35.3 Å². The number of pyridine rings is 1. The molecule has 0 unspecified atom stereocenters. The molecule has 2 heterocycles. The van der Waals surface area contributed by atoms with E-state index in [1.165, 1.54) is 17.2 Å². The van der Waals surface area contributed by atoms with Gasteiger partial charge in [-0.3, -0.25) is 24.3 Å². The van der Waals surface area contributed by atoms with E-state index in [0.717, 1.165) is 31.2 Å². The monoisotopic (exact) mass is 460 g/mol. The van der Waals surface area contributed by atoms with Crippen LogP contribution in [0.4, 0.5) is 5.69 Å². The Kier molecular flexibility index (Phi) is 7.37. The fourth-order valence-electron chi connectivity index (χ4n) is 4.18. The SMILES string of the molecule is Cc1ccc(N(C(=O)CNC(=O)c2ccco2)[C@H](C(=O)NC2CCCC2)c2cccnc2)cc1. The summed E-state index contributed by atoms with van der Waals surface area (Å²) in [4.78, 5) is 45.1. The molecule has 0 spiro atoms. The first-order valence-corrected chi connectivity index (χ1v) is 11.4. The Morgan fingerprint density at radius 1 is 1.09 bits per heavy atom. The van der Waals surface area contributed by atoms with Crippen molar-refractivity contribution >= 4 is 23.4 Å². The molecule has 1 aliphatic rings. The molecular weight excluding hydrogens is 432 g/mol. The van der Waals surface area contributed by atoms with E-state index in [0.29, 0.717) is 11.3 Å². The Balaban J connectivity index is 1.65. The number of aryl methyl sites for hydroxylation is 1. The third-order valence-electron chi connectivity index (χ3n) is 5.93. The van der Waals surface area contributed by atoms with Crippen LogP contribution in [0.1, 0.15) is 53.4 Å². The molecule has 1 fully saturated rings. The number of hydrogen-bond donors (Lipinski definition) is 2. The predicted octanol–water partition coefficient (Wildman–Crippen LogP) is 3.55. The van der Waals surface area contributed by atoms with Gasteiger partial charge in [0.25, 0.3) is 5.91 Å². The summed E-state index contributed by atoms with van der Waals surface area (Å²) < 4.78 is 5.11. The molecule has 0 aliphatic heterocycles. The molecule has 8 nitrogen and oxygen atoms in total. The van der Waals surface area contributed by atoms with E-state index >= 15 is 0 Å². The zero-order valence-electron chi connectivity index (χ0n) is 19.1. The summed E-state index contributed by atoms with van der Waals surface area (Å²) in [6.45, 7) is 1.64. The van der Waals surface area contributed by atoms with Crippen LogP contribution in [0, 0.1) is 6.92 Å². The van der Waals surface area contributed by atoms with Gasteiger partial charge in [0, 0.05) is 29.7 Å². The van der Waals surface area contributed by atoms with Gasteiger partial charge in [0.05, 0.1) is 12.8 Å². The molecule has 34 heavy (non-hydrogen) atoms. The van der Waals surface area contributed by atoms with Crippen LogP contribution in [0.25, 0.3) is 0 Å². The first-order valence-electron chi connectivity index (χ1n) is 11.4. The van der Waals surface area contributed by atoms with Crippen molar-refractivity contribution in [3.05, 3.63) is 84.1 Å². The molecule has 4 rings (SSSR count). The number of aromatic nitrogens is 1. The number of amides is 3. The predicted molar refractivity (Wildman–Crippen MR) is 127 cm³/mol. The molecule has 1 aromatic carbocycles. The van der Waals surface area contributed by atoms with Crippen molar-refractivity contribution in [3.63, 3.8) is 0 Å². The van der Waals surface area contributed by atoms with Crippen LogP contribution in [0.15, 0.2) is 71.6 Å². The lowest BCUT2D eigenvalue weighted by Gasteiger charge is -2.32. The average molecular weight is 461 g/mol. The van der Waals surface area contributed by atoms with Gasteiger partial charge in [-0.25, -0.2) is 0 Å². The van der Waals surface area contributed by atoms with Crippen LogP contribution in [0.5, 0.6) is 0 Å². The van der Waals surface area contributed by atoms with Gasteiger partial charge in [-0.2, -0.15) is 0 Å². The highest BCUT2D eigenvalue weighted by molar-refractivity contribution is 6.04. The summed E-state index contributed by atoms with van der Waals surface area (Å²) >= 11 is 0. The largest absolute Gasteiger partial charge is 0.459 e.